The van der Waals surface area contributed by atoms with E-state index in [1.807, 2.05) is 0 Å². The number of hydrogen-bond acceptors (Lipinski definition) is 0. The predicted octanol–water partition coefficient (Wildman–Crippen LogP) is 2.30. The molecule has 0 nitrogen and oxygen atoms in total. The van der Waals surface area contributed by atoms with Crippen LogP contribution in [0, 0.1) is 0 Å². The zero-order chi connectivity index (χ0) is 8.62. The van der Waals surface area contributed by atoms with Gasteiger partial charge in [0.25, 0.3) is 0 Å². The Bertz CT molecular complexity index is 58.0. The molecule has 0 aromatic rings. The van der Waals surface area contributed by atoms with Crippen molar-refractivity contribution in [3.8, 4) is 0 Å². The first-order chi connectivity index (χ1) is 4.41. The zero-order valence-electron chi connectivity index (χ0n) is 5.97. The van der Waals surface area contributed by atoms with Gasteiger partial charge in [-0.15, -0.1) is 0 Å². The number of halogens is 4. The molecule has 10 heavy (non-hydrogen) atoms. The SMILES string of the molecule is BBBCC.[I][Rh]([I])([I])[I]. The van der Waals surface area contributed by atoms with E-state index in [1.165, 1.54) is 20.6 Å². The number of rotatable bonds is 2. The molecule has 0 heterocycles. The van der Waals surface area contributed by atoms with Crippen LogP contribution in [0.25, 0.3) is 0 Å². The molecule has 0 aromatic carbocycles. The van der Waals surface area contributed by atoms with Gasteiger partial charge in [0.2, 0.25) is 0 Å². The molecular formula is C2H9B3I4Rh. The van der Waals surface area contributed by atoms with Gasteiger partial charge in [0.05, 0.1) is 22.0 Å². The van der Waals surface area contributed by atoms with Gasteiger partial charge in [-0.2, -0.15) is 0 Å². The summed E-state index contributed by atoms with van der Waals surface area (Å²) in [4.78, 5) is 0. The fourth-order valence-electron chi connectivity index (χ4n) is 0.354. The normalized spacial score (nSPS) is 10.9. The van der Waals surface area contributed by atoms with Crippen LogP contribution >= 0.6 is 79.0 Å². The molecule has 0 fully saturated rings. The van der Waals surface area contributed by atoms with Gasteiger partial charge in [-0.1, -0.05) is 13.2 Å². The molecule has 0 unspecified atom stereocenters. The molecule has 0 amide bonds. The second-order valence-electron chi connectivity index (χ2n) is 1.64. The molecular weight excluding hydrogens is 667 g/mol. The molecule has 0 N–H and O–H groups in total. The Labute approximate surface area is 112 Å². The Hall–Kier alpha value is 3.74. The Balaban J connectivity index is 0. The molecule has 0 radical (unpaired) electrons. The van der Waals surface area contributed by atoms with E-state index in [2.05, 4.69) is 93.7 Å². The zero-order valence-corrected chi connectivity index (χ0v) is 16.2. The minimum absolute atomic E-state index is 0.900. The van der Waals surface area contributed by atoms with E-state index < -0.39 is 0.719 Å². The molecule has 0 bridgehead atoms. The van der Waals surface area contributed by atoms with Crippen molar-refractivity contribution in [2.24, 2.45) is 0 Å². The molecule has 63 valence electrons. The van der Waals surface area contributed by atoms with Crippen LogP contribution in [0.3, 0.4) is 0 Å². The van der Waals surface area contributed by atoms with E-state index in [9.17, 15) is 0 Å². The van der Waals surface area contributed by atoms with Gasteiger partial charge in [-0.3, -0.25) is 0 Å². The second-order valence-corrected chi connectivity index (χ2v) is 77.4. The molecule has 0 saturated heterocycles. The predicted molar refractivity (Wildman–Crippen MR) is 89.4 cm³/mol. The fourth-order valence-corrected chi connectivity index (χ4v) is 0.354. The Morgan fingerprint density at radius 1 is 1.30 bits per heavy atom. The molecule has 0 aliphatic carbocycles. The first-order valence-corrected chi connectivity index (χ1v) is 22.4. The fraction of sp³-hybridized carbons (Fsp3) is 1.00. The van der Waals surface area contributed by atoms with Crippen LogP contribution in [0.1, 0.15) is 6.92 Å². The van der Waals surface area contributed by atoms with Gasteiger partial charge in [-0.05, 0) is 0 Å². The van der Waals surface area contributed by atoms with Gasteiger partial charge < -0.3 is 0 Å². The quantitative estimate of drug-likeness (QED) is 0.312. The first-order valence-electron chi connectivity index (χ1n) is 2.92. The molecule has 0 aliphatic rings. The van der Waals surface area contributed by atoms with Gasteiger partial charge >= 0.3 is 79.7 Å². The van der Waals surface area contributed by atoms with Crippen LogP contribution < -0.4 is 0 Å². The van der Waals surface area contributed by atoms with Crippen LogP contribution in [0.2, 0.25) is 6.32 Å². The summed E-state index contributed by atoms with van der Waals surface area (Å²) in [6.07, 6.45) is 1.34. The summed E-state index contributed by atoms with van der Waals surface area (Å²) in [6.45, 7) is 2.21. The van der Waals surface area contributed by atoms with Crippen LogP contribution in [-0.4, -0.2) is 22.0 Å². The summed E-state index contributed by atoms with van der Waals surface area (Å²) < 4.78 is -0.900. The maximum absolute atomic E-state index is 2.50. The Kier molecular flexibility index (Phi) is 17.5. The second kappa shape index (κ2) is 10.8. The maximum atomic E-state index is 2.50. The summed E-state index contributed by atoms with van der Waals surface area (Å²) in [7, 11) is 4.94. The van der Waals surface area contributed by atoms with E-state index in [-0.39, 0.29) is 0 Å². The molecule has 0 aromatic heterocycles. The summed E-state index contributed by atoms with van der Waals surface area (Å²) in [6, 6.07) is 0. The van der Waals surface area contributed by atoms with E-state index >= 15 is 0 Å². The van der Waals surface area contributed by atoms with Crippen LogP contribution in [-0.2, 0) is 0.719 Å². The van der Waals surface area contributed by atoms with Crippen molar-refractivity contribution in [3.05, 3.63) is 0 Å². The molecule has 0 aliphatic heterocycles. The first kappa shape index (κ1) is 16.2. The van der Waals surface area contributed by atoms with Crippen LogP contribution in [0.15, 0.2) is 0 Å². The van der Waals surface area contributed by atoms with E-state index in [1.54, 1.807) is 0 Å². The summed E-state index contributed by atoms with van der Waals surface area (Å²) in [5.41, 5.74) is 0. The summed E-state index contributed by atoms with van der Waals surface area (Å²) in [5.74, 6) is 0. The van der Waals surface area contributed by atoms with Crippen molar-refractivity contribution in [2.75, 3.05) is 0 Å². The topological polar surface area (TPSA) is 0 Å². The molecule has 0 saturated carbocycles. The van der Waals surface area contributed by atoms with Gasteiger partial charge in [-0.25, -0.2) is 0 Å². The molecule has 0 spiro atoms. The average molecular weight is 676 g/mol. The summed E-state index contributed by atoms with van der Waals surface area (Å²) >= 11 is 9.99. The monoisotopic (exact) mass is 677 g/mol. The van der Waals surface area contributed by atoms with Crippen LogP contribution in [0.4, 0.5) is 0 Å². The Morgan fingerprint density at radius 3 is 1.60 bits per heavy atom. The van der Waals surface area contributed by atoms with Crippen molar-refractivity contribution in [1.29, 1.82) is 0 Å². The van der Waals surface area contributed by atoms with Crippen LogP contribution in [0.5, 0.6) is 0 Å². The van der Waals surface area contributed by atoms with Crippen molar-refractivity contribution in [1.82, 2.24) is 0 Å². The van der Waals surface area contributed by atoms with Crippen molar-refractivity contribution < 1.29 is 0.719 Å². The molecule has 8 heteroatoms. The molecule has 0 atom stereocenters. The standard InChI is InChI=1S/C2H9B3.4HI.Rh/c1-2-4-5-3;;;;;/h4-5H,2-3H2,1H3;4*1H;/q;;;;;+4/p-4. The van der Waals surface area contributed by atoms with E-state index in [0.717, 1.165) is 0 Å². The minimum atomic E-state index is -0.900. The van der Waals surface area contributed by atoms with E-state index in [0.29, 0.717) is 0 Å². The van der Waals surface area contributed by atoms with Gasteiger partial charge in [0.15, 0.2) is 0 Å². The summed E-state index contributed by atoms with van der Waals surface area (Å²) in [5, 5.41) is 0. The average Bonchev–Trinajstić information content (AvgIpc) is 1.63. The Morgan fingerprint density at radius 2 is 1.60 bits per heavy atom. The van der Waals surface area contributed by atoms with Crippen molar-refractivity contribution in [2.45, 2.75) is 13.2 Å². The van der Waals surface area contributed by atoms with Gasteiger partial charge in [0.1, 0.15) is 0 Å². The third kappa shape index (κ3) is 41.1. The number of hydrogen-bond donors (Lipinski definition) is 0. The third-order valence-electron chi connectivity index (χ3n) is 0.707. The van der Waals surface area contributed by atoms with Crippen molar-refractivity contribution >= 4 is 101 Å². The van der Waals surface area contributed by atoms with E-state index in [4.69, 9.17) is 0 Å². The third-order valence-corrected chi connectivity index (χ3v) is 0.707. The van der Waals surface area contributed by atoms with Crippen molar-refractivity contribution in [3.63, 3.8) is 0 Å². The van der Waals surface area contributed by atoms with Gasteiger partial charge in [0, 0.05) is 0 Å². The molecule has 0 rings (SSSR count).